The fraction of sp³-hybridized carbons (Fsp3) is 0.857. The van der Waals surface area contributed by atoms with E-state index in [1.165, 1.54) is 0 Å². The van der Waals surface area contributed by atoms with Crippen molar-refractivity contribution in [2.45, 2.75) is 25.7 Å². The van der Waals surface area contributed by atoms with Gasteiger partial charge in [-0.15, -0.1) is 11.6 Å². The third-order valence-electron chi connectivity index (χ3n) is 1.89. The van der Waals surface area contributed by atoms with E-state index >= 15 is 0 Å². The Morgan fingerprint density at radius 1 is 1.67 bits per heavy atom. The number of rotatable bonds is 2. The van der Waals surface area contributed by atoms with Crippen LogP contribution >= 0.6 is 11.6 Å². The Labute approximate surface area is 60.4 Å². The number of hydrogen-bond donors (Lipinski definition) is 0. The van der Waals surface area contributed by atoms with Gasteiger partial charge in [0.15, 0.2) is 0 Å². The Morgan fingerprint density at radius 3 is 2.89 bits per heavy atom. The molecule has 0 spiro atoms. The highest BCUT2D eigenvalue weighted by Crippen LogP contribution is 2.24. The molecule has 9 heavy (non-hydrogen) atoms. The van der Waals surface area contributed by atoms with Crippen molar-refractivity contribution in [1.82, 2.24) is 0 Å². The normalized spacial score (nSPS) is 27.2. The molecule has 1 rings (SSSR count). The van der Waals surface area contributed by atoms with Gasteiger partial charge in [-0.3, -0.25) is 4.79 Å². The lowest BCUT2D eigenvalue weighted by Gasteiger charge is -2.01. The van der Waals surface area contributed by atoms with Gasteiger partial charge in [0.1, 0.15) is 5.78 Å². The third-order valence-corrected chi connectivity index (χ3v) is 2.11. The average Bonchev–Trinajstić information content (AvgIpc) is 2.18. The quantitative estimate of drug-likeness (QED) is 0.545. The van der Waals surface area contributed by atoms with E-state index < -0.39 is 0 Å². The van der Waals surface area contributed by atoms with Crippen molar-refractivity contribution in [1.29, 1.82) is 0 Å². The van der Waals surface area contributed by atoms with Crippen LogP contribution in [0.25, 0.3) is 0 Å². The summed E-state index contributed by atoms with van der Waals surface area (Å²) in [5, 5.41) is 0. The summed E-state index contributed by atoms with van der Waals surface area (Å²) in [5.41, 5.74) is 0. The highest BCUT2D eigenvalue weighted by atomic mass is 35.5. The summed E-state index contributed by atoms with van der Waals surface area (Å²) in [6, 6.07) is 0. The first-order valence-electron chi connectivity index (χ1n) is 3.43. The topological polar surface area (TPSA) is 17.1 Å². The van der Waals surface area contributed by atoms with Crippen molar-refractivity contribution in [3.63, 3.8) is 0 Å². The maximum Gasteiger partial charge on any atom is 0.136 e. The van der Waals surface area contributed by atoms with Crippen LogP contribution < -0.4 is 0 Å². The van der Waals surface area contributed by atoms with Gasteiger partial charge in [0.2, 0.25) is 0 Å². The van der Waals surface area contributed by atoms with Crippen LogP contribution in [-0.4, -0.2) is 11.7 Å². The first kappa shape index (κ1) is 7.07. The predicted molar refractivity (Wildman–Crippen MR) is 37.7 cm³/mol. The molecule has 0 radical (unpaired) electrons. The van der Waals surface area contributed by atoms with Crippen molar-refractivity contribution in [2.75, 3.05) is 5.88 Å². The maximum absolute atomic E-state index is 10.9. The van der Waals surface area contributed by atoms with Crippen LogP contribution in [0.1, 0.15) is 25.7 Å². The number of hydrogen-bond acceptors (Lipinski definition) is 1. The van der Waals surface area contributed by atoms with Gasteiger partial charge in [0.05, 0.1) is 0 Å². The molecule has 1 atom stereocenters. The Hall–Kier alpha value is -0.0400. The molecule has 52 valence electrons. The van der Waals surface area contributed by atoms with Gasteiger partial charge in [-0.1, -0.05) is 0 Å². The Balaban J connectivity index is 2.31. The van der Waals surface area contributed by atoms with Gasteiger partial charge in [0.25, 0.3) is 0 Å². The van der Waals surface area contributed by atoms with Gasteiger partial charge in [-0.25, -0.2) is 0 Å². The molecule has 1 saturated carbocycles. The minimum absolute atomic E-state index is 0.308. The zero-order valence-corrected chi connectivity index (χ0v) is 6.16. The number of ketones is 1. The molecule has 2 heteroatoms. The van der Waals surface area contributed by atoms with E-state index in [9.17, 15) is 4.79 Å². The molecule has 0 saturated heterocycles. The number of carbonyl (C=O) groups is 1. The van der Waals surface area contributed by atoms with E-state index in [-0.39, 0.29) is 0 Å². The molecule has 0 amide bonds. The smallest absolute Gasteiger partial charge is 0.136 e. The van der Waals surface area contributed by atoms with Gasteiger partial charge in [-0.2, -0.15) is 0 Å². The van der Waals surface area contributed by atoms with Gasteiger partial charge >= 0.3 is 0 Å². The molecule has 0 aliphatic heterocycles. The zero-order valence-electron chi connectivity index (χ0n) is 5.40. The lowest BCUT2D eigenvalue weighted by atomic mass is 10.1. The second-order valence-electron chi connectivity index (χ2n) is 2.53. The third kappa shape index (κ3) is 1.68. The van der Waals surface area contributed by atoms with Crippen LogP contribution in [0.2, 0.25) is 0 Å². The van der Waals surface area contributed by atoms with Crippen molar-refractivity contribution in [3.05, 3.63) is 0 Å². The monoisotopic (exact) mass is 146 g/mol. The lowest BCUT2D eigenvalue weighted by molar-refractivity contribution is -0.120. The minimum Gasteiger partial charge on any atom is -0.299 e. The molecule has 0 bridgehead atoms. The van der Waals surface area contributed by atoms with Crippen molar-refractivity contribution < 1.29 is 4.79 Å². The molecular formula is C7H11ClO. The number of carbonyl (C=O) groups excluding carboxylic acids is 1. The van der Waals surface area contributed by atoms with E-state index in [0.29, 0.717) is 17.6 Å². The Kier molecular flexibility index (Phi) is 2.52. The van der Waals surface area contributed by atoms with Crippen LogP contribution in [-0.2, 0) is 4.79 Å². The zero-order chi connectivity index (χ0) is 6.69. The first-order valence-corrected chi connectivity index (χ1v) is 3.96. The highest BCUT2D eigenvalue weighted by Gasteiger charge is 2.22. The average molecular weight is 147 g/mol. The van der Waals surface area contributed by atoms with Crippen LogP contribution in [0, 0.1) is 5.92 Å². The van der Waals surface area contributed by atoms with Crippen LogP contribution in [0.5, 0.6) is 0 Å². The molecule has 1 nitrogen and oxygen atoms in total. The molecule has 1 fully saturated rings. The Bertz CT molecular complexity index is 111. The van der Waals surface area contributed by atoms with Crippen LogP contribution in [0.4, 0.5) is 0 Å². The van der Waals surface area contributed by atoms with E-state index in [2.05, 4.69) is 0 Å². The van der Waals surface area contributed by atoms with E-state index in [1.54, 1.807) is 0 Å². The number of halogens is 1. The molecule has 1 aliphatic rings. The van der Waals surface area contributed by atoms with Gasteiger partial charge in [0, 0.05) is 18.2 Å². The molecule has 0 heterocycles. The van der Waals surface area contributed by atoms with Crippen LogP contribution in [0.15, 0.2) is 0 Å². The summed E-state index contributed by atoms with van der Waals surface area (Å²) in [5.74, 6) is 1.37. The van der Waals surface area contributed by atoms with Gasteiger partial charge in [-0.05, 0) is 19.3 Å². The second-order valence-corrected chi connectivity index (χ2v) is 2.91. The van der Waals surface area contributed by atoms with Crippen LogP contribution in [0.3, 0.4) is 0 Å². The lowest BCUT2D eigenvalue weighted by Crippen LogP contribution is -2.05. The summed E-state index contributed by atoms with van der Waals surface area (Å²) in [4.78, 5) is 10.9. The number of alkyl halides is 1. The van der Waals surface area contributed by atoms with Crippen molar-refractivity contribution in [2.24, 2.45) is 5.92 Å². The SMILES string of the molecule is O=C1CCCC1CCCl. The second kappa shape index (κ2) is 3.21. The molecular weight excluding hydrogens is 136 g/mol. The minimum atomic E-state index is 0.308. The maximum atomic E-state index is 10.9. The molecule has 0 aromatic carbocycles. The molecule has 0 N–H and O–H groups in total. The summed E-state index contributed by atoms with van der Waals surface area (Å²) in [6.45, 7) is 0. The van der Waals surface area contributed by atoms with Crippen molar-refractivity contribution >= 4 is 17.4 Å². The van der Waals surface area contributed by atoms with E-state index in [4.69, 9.17) is 11.6 Å². The predicted octanol–water partition coefficient (Wildman–Crippen LogP) is 1.98. The fourth-order valence-corrected chi connectivity index (χ4v) is 1.59. The van der Waals surface area contributed by atoms with Crippen molar-refractivity contribution in [3.8, 4) is 0 Å². The standard InChI is InChI=1S/C7H11ClO/c8-5-4-6-2-1-3-7(6)9/h6H,1-5H2. The van der Waals surface area contributed by atoms with Gasteiger partial charge < -0.3 is 0 Å². The highest BCUT2D eigenvalue weighted by molar-refractivity contribution is 6.18. The summed E-state index contributed by atoms with van der Waals surface area (Å²) < 4.78 is 0. The first-order chi connectivity index (χ1) is 4.34. The summed E-state index contributed by atoms with van der Waals surface area (Å²) in [6.07, 6.45) is 3.84. The van der Waals surface area contributed by atoms with E-state index in [1.807, 2.05) is 0 Å². The fourth-order valence-electron chi connectivity index (χ4n) is 1.32. The molecule has 0 aromatic rings. The molecule has 1 unspecified atom stereocenters. The molecule has 1 aliphatic carbocycles. The molecule has 0 aromatic heterocycles. The summed E-state index contributed by atoms with van der Waals surface area (Å²) in [7, 11) is 0. The summed E-state index contributed by atoms with van der Waals surface area (Å²) >= 11 is 5.49. The Morgan fingerprint density at radius 2 is 2.44 bits per heavy atom. The van der Waals surface area contributed by atoms with E-state index in [0.717, 1.165) is 25.7 Å². The largest absolute Gasteiger partial charge is 0.299 e. The number of Topliss-reactive ketones (excluding diaryl/α,β-unsaturated/α-hetero) is 1.